The van der Waals surface area contributed by atoms with Gasteiger partial charge in [0.25, 0.3) is 0 Å². The number of hydrogen-bond donors (Lipinski definition) is 0. The SMILES string of the molecule is COCCOCO[C@@H](CCCC=O)COc1ccc(F)cc1. The van der Waals surface area contributed by atoms with Crippen molar-refractivity contribution in [3.63, 3.8) is 0 Å². The van der Waals surface area contributed by atoms with E-state index in [2.05, 4.69) is 0 Å². The van der Waals surface area contributed by atoms with Gasteiger partial charge in [-0.25, -0.2) is 4.39 Å². The van der Waals surface area contributed by atoms with Crippen LogP contribution in [0.15, 0.2) is 24.3 Å². The Morgan fingerprint density at radius 1 is 1.23 bits per heavy atom. The molecule has 0 saturated carbocycles. The van der Waals surface area contributed by atoms with Gasteiger partial charge in [0.05, 0.1) is 19.3 Å². The summed E-state index contributed by atoms with van der Waals surface area (Å²) in [6.07, 6.45) is 2.59. The van der Waals surface area contributed by atoms with Gasteiger partial charge in [-0.1, -0.05) is 0 Å². The molecule has 22 heavy (non-hydrogen) atoms. The van der Waals surface area contributed by atoms with Gasteiger partial charge in [-0.2, -0.15) is 0 Å². The number of aldehydes is 1. The Bertz CT molecular complexity index is 396. The third kappa shape index (κ3) is 8.71. The van der Waals surface area contributed by atoms with E-state index in [-0.39, 0.29) is 18.7 Å². The summed E-state index contributed by atoms with van der Waals surface area (Å²) >= 11 is 0. The number of rotatable bonds is 13. The molecule has 0 unspecified atom stereocenters. The second-order valence-electron chi connectivity index (χ2n) is 4.67. The van der Waals surface area contributed by atoms with Crippen molar-refractivity contribution in [2.45, 2.75) is 25.4 Å². The van der Waals surface area contributed by atoms with E-state index in [0.717, 1.165) is 12.7 Å². The molecule has 0 amide bonds. The molecule has 0 aliphatic rings. The van der Waals surface area contributed by atoms with Crippen LogP contribution in [0.25, 0.3) is 0 Å². The zero-order valence-corrected chi connectivity index (χ0v) is 12.8. The minimum Gasteiger partial charge on any atom is -0.491 e. The largest absolute Gasteiger partial charge is 0.491 e. The zero-order chi connectivity index (χ0) is 16.0. The maximum absolute atomic E-state index is 12.8. The molecule has 0 aromatic heterocycles. The average molecular weight is 314 g/mol. The lowest BCUT2D eigenvalue weighted by Crippen LogP contribution is -2.23. The van der Waals surface area contributed by atoms with E-state index < -0.39 is 0 Å². The highest BCUT2D eigenvalue weighted by molar-refractivity contribution is 5.48. The maximum atomic E-state index is 12.8. The van der Waals surface area contributed by atoms with Gasteiger partial charge in [0.2, 0.25) is 0 Å². The number of benzene rings is 1. The van der Waals surface area contributed by atoms with Crippen molar-refractivity contribution >= 4 is 6.29 Å². The molecule has 1 atom stereocenters. The molecule has 0 heterocycles. The first kappa shape index (κ1) is 18.5. The Labute approximate surface area is 130 Å². The summed E-state index contributed by atoms with van der Waals surface area (Å²) in [6.45, 7) is 1.42. The highest BCUT2D eigenvalue weighted by Gasteiger charge is 2.10. The predicted octanol–water partition coefficient (Wildman–Crippen LogP) is 2.58. The Morgan fingerprint density at radius 3 is 2.68 bits per heavy atom. The van der Waals surface area contributed by atoms with Crippen molar-refractivity contribution in [2.24, 2.45) is 0 Å². The van der Waals surface area contributed by atoms with Crippen molar-refractivity contribution in [2.75, 3.05) is 33.7 Å². The van der Waals surface area contributed by atoms with E-state index >= 15 is 0 Å². The molecule has 0 fully saturated rings. The van der Waals surface area contributed by atoms with Crippen LogP contribution in [0.3, 0.4) is 0 Å². The quantitative estimate of drug-likeness (QED) is 0.318. The number of carbonyl (C=O) groups is 1. The summed E-state index contributed by atoms with van der Waals surface area (Å²) in [5.74, 6) is 0.267. The molecule has 0 spiro atoms. The molecule has 1 rings (SSSR count). The second-order valence-corrected chi connectivity index (χ2v) is 4.67. The molecule has 0 radical (unpaired) electrons. The summed E-state index contributed by atoms with van der Waals surface area (Å²) < 4.78 is 34.1. The first-order valence-electron chi connectivity index (χ1n) is 7.26. The fourth-order valence-electron chi connectivity index (χ4n) is 1.71. The zero-order valence-electron chi connectivity index (χ0n) is 12.8. The number of ether oxygens (including phenoxy) is 4. The lowest BCUT2D eigenvalue weighted by Gasteiger charge is -2.18. The van der Waals surface area contributed by atoms with Crippen molar-refractivity contribution in [1.82, 2.24) is 0 Å². The molecule has 1 aromatic rings. The van der Waals surface area contributed by atoms with Gasteiger partial charge in [-0.05, 0) is 37.1 Å². The standard InChI is InChI=1S/C16H23FO5/c1-19-10-11-20-13-22-16(4-2-3-9-18)12-21-15-7-5-14(17)6-8-15/h5-9,16H,2-4,10-13H2,1H3/t16-/m0/s1. The fourth-order valence-corrected chi connectivity index (χ4v) is 1.71. The van der Waals surface area contributed by atoms with Crippen LogP contribution in [-0.2, 0) is 19.0 Å². The Kier molecular flexibility index (Phi) is 10.2. The van der Waals surface area contributed by atoms with E-state index in [1.807, 2.05) is 0 Å². The smallest absolute Gasteiger partial charge is 0.147 e. The van der Waals surface area contributed by atoms with E-state index in [1.54, 1.807) is 19.2 Å². The minimum atomic E-state index is -0.308. The van der Waals surface area contributed by atoms with E-state index in [4.69, 9.17) is 18.9 Å². The molecule has 1 aromatic carbocycles. The molecule has 5 nitrogen and oxygen atoms in total. The van der Waals surface area contributed by atoms with Gasteiger partial charge in [0, 0.05) is 13.5 Å². The number of methoxy groups -OCH3 is 1. The van der Waals surface area contributed by atoms with Gasteiger partial charge in [-0.3, -0.25) is 0 Å². The lowest BCUT2D eigenvalue weighted by atomic mass is 10.2. The monoisotopic (exact) mass is 314 g/mol. The number of halogens is 1. The molecular formula is C16H23FO5. The van der Waals surface area contributed by atoms with Gasteiger partial charge in [0.1, 0.15) is 31.3 Å². The maximum Gasteiger partial charge on any atom is 0.147 e. The highest BCUT2D eigenvalue weighted by Crippen LogP contribution is 2.13. The van der Waals surface area contributed by atoms with Crippen LogP contribution in [0.4, 0.5) is 4.39 Å². The van der Waals surface area contributed by atoms with Crippen molar-refractivity contribution in [1.29, 1.82) is 0 Å². The van der Waals surface area contributed by atoms with Gasteiger partial charge in [0.15, 0.2) is 0 Å². The molecule has 0 saturated heterocycles. The van der Waals surface area contributed by atoms with Crippen molar-refractivity contribution < 1.29 is 28.1 Å². The Hall–Kier alpha value is -1.50. The summed E-state index contributed by atoms with van der Waals surface area (Å²) in [4.78, 5) is 10.4. The number of hydrogen-bond acceptors (Lipinski definition) is 5. The third-order valence-electron chi connectivity index (χ3n) is 2.92. The van der Waals surface area contributed by atoms with Gasteiger partial charge >= 0.3 is 0 Å². The minimum absolute atomic E-state index is 0.141. The van der Waals surface area contributed by atoms with Crippen molar-refractivity contribution in [3.8, 4) is 5.75 Å². The first-order valence-corrected chi connectivity index (χ1v) is 7.26. The van der Waals surface area contributed by atoms with Crippen LogP contribution in [0.1, 0.15) is 19.3 Å². The molecule has 0 N–H and O–H groups in total. The van der Waals surface area contributed by atoms with Crippen molar-refractivity contribution in [3.05, 3.63) is 30.1 Å². The summed E-state index contributed by atoms with van der Waals surface area (Å²) in [7, 11) is 1.60. The highest BCUT2D eigenvalue weighted by atomic mass is 19.1. The normalized spacial score (nSPS) is 12.1. The average Bonchev–Trinajstić information content (AvgIpc) is 2.53. The predicted molar refractivity (Wildman–Crippen MR) is 79.4 cm³/mol. The number of carbonyl (C=O) groups excluding carboxylic acids is 1. The van der Waals surface area contributed by atoms with Gasteiger partial charge in [-0.15, -0.1) is 0 Å². The van der Waals surface area contributed by atoms with Crippen LogP contribution in [-0.4, -0.2) is 46.1 Å². The molecule has 0 aliphatic heterocycles. The van der Waals surface area contributed by atoms with E-state index in [9.17, 15) is 9.18 Å². The van der Waals surface area contributed by atoms with Crippen LogP contribution in [0.5, 0.6) is 5.75 Å². The van der Waals surface area contributed by atoms with E-state index in [0.29, 0.717) is 38.4 Å². The van der Waals surface area contributed by atoms with Crippen LogP contribution in [0.2, 0.25) is 0 Å². The van der Waals surface area contributed by atoms with Crippen LogP contribution in [0, 0.1) is 5.82 Å². The summed E-state index contributed by atoms with van der Waals surface area (Å²) in [5.41, 5.74) is 0. The fraction of sp³-hybridized carbons (Fsp3) is 0.562. The lowest BCUT2D eigenvalue weighted by molar-refractivity contribution is -0.111. The van der Waals surface area contributed by atoms with Gasteiger partial charge < -0.3 is 23.7 Å². The van der Waals surface area contributed by atoms with Crippen LogP contribution >= 0.6 is 0 Å². The third-order valence-corrected chi connectivity index (χ3v) is 2.92. The molecule has 0 bridgehead atoms. The second kappa shape index (κ2) is 12.1. The first-order chi connectivity index (χ1) is 10.8. The molecular weight excluding hydrogens is 291 g/mol. The molecule has 0 aliphatic carbocycles. The molecule has 6 heteroatoms. The Morgan fingerprint density at radius 2 is 2.00 bits per heavy atom. The Balaban J connectivity index is 2.32. The topological polar surface area (TPSA) is 54.0 Å². The number of unbranched alkanes of at least 4 members (excludes halogenated alkanes) is 1. The summed E-state index contributed by atoms with van der Waals surface area (Å²) in [5, 5.41) is 0. The van der Waals surface area contributed by atoms with Crippen LogP contribution < -0.4 is 4.74 Å². The van der Waals surface area contributed by atoms with E-state index in [1.165, 1.54) is 12.1 Å². The molecule has 124 valence electrons. The summed E-state index contributed by atoms with van der Waals surface area (Å²) in [6, 6.07) is 5.80.